The van der Waals surface area contributed by atoms with Crippen LogP contribution >= 0.6 is 0 Å². The Morgan fingerprint density at radius 1 is 1.19 bits per heavy atom. The lowest BCUT2D eigenvalue weighted by atomic mass is 10.1. The lowest BCUT2D eigenvalue weighted by molar-refractivity contribution is 0.521. The lowest BCUT2D eigenvalue weighted by Gasteiger charge is -2.21. The van der Waals surface area contributed by atoms with Crippen LogP contribution in [0.15, 0.2) is 23.1 Å². The van der Waals surface area contributed by atoms with Crippen molar-refractivity contribution < 1.29 is 8.42 Å². The zero-order valence-electron chi connectivity index (χ0n) is 12.5. The summed E-state index contributed by atoms with van der Waals surface area (Å²) in [6.45, 7) is 0. The Hall–Kier alpha value is -1.27. The number of rotatable bonds is 6. The van der Waals surface area contributed by atoms with Gasteiger partial charge in [0.25, 0.3) is 0 Å². The SMILES string of the molecule is CN(C)S(=O)(=O)c1ccc(NC(C2CC2)C2CC2)c(N)c1. The molecule has 0 radical (unpaired) electrons. The van der Waals surface area contributed by atoms with Gasteiger partial charge in [-0.1, -0.05) is 0 Å². The molecule has 21 heavy (non-hydrogen) atoms. The van der Waals surface area contributed by atoms with Gasteiger partial charge in [0, 0.05) is 20.1 Å². The van der Waals surface area contributed by atoms with Crippen molar-refractivity contribution in [3.63, 3.8) is 0 Å². The van der Waals surface area contributed by atoms with Crippen molar-refractivity contribution in [1.29, 1.82) is 0 Å². The molecule has 0 amide bonds. The van der Waals surface area contributed by atoms with Gasteiger partial charge in [-0.3, -0.25) is 0 Å². The first-order valence-electron chi connectivity index (χ1n) is 7.48. The zero-order valence-corrected chi connectivity index (χ0v) is 13.4. The van der Waals surface area contributed by atoms with Gasteiger partial charge in [0.1, 0.15) is 0 Å². The van der Waals surface area contributed by atoms with Crippen molar-refractivity contribution in [2.45, 2.75) is 36.6 Å². The second-order valence-corrected chi connectivity index (χ2v) is 8.53. The molecule has 0 heterocycles. The Bertz CT molecular complexity index is 622. The molecule has 2 saturated carbocycles. The number of sulfonamides is 1. The number of hydrogen-bond acceptors (Lipinski definition) is 4. The monoisotopic (exact) mass is 309 g/mol. The third kappa shape index (κ3) is 3.01. The van der Waals surface area contributed by atoms with E-state index in [4.69, 9.17) is 5.73 Å². The van der Waals surface area contributed by atoms with E-state index < -0.39 is 10.0 Å². The van der Waals surface area contributed by atoms with Gasteiger partial charge < -0.3 is 11.1 Å². The van der Waals surface area contributed by atoms with Gasteiger partial charge in [-0.15, -0.1) is 0 Å². The summed E-state index contributed by atoms with van der Waals surface area (Å²) in [5.74, 6) is 1.53. The summed E-state index contributed by atoms with van der Waals surface area (Å²) in [6, 6.07) is 5.48. The molecule has 0 spiro atoms. The summed E-state index contributed by atoms with van der Waals surface area (Å²) < 4.78 is 25.4. The highest BCUT2D eigenvalue weighted by Gasteiger charge is 2.41. The zero-order chi connectivity index (χ0) is 15.2. The topological polar surface area (TPSA) is 75.4 Å². The maximum absolute atomic E-state index is 12.1. The predicted molar refractivity (Wildman–Crippen MR) is 84.6 cm³/mol. The van der Waals surface area contributed by atoms with E-state index in [1.807, 2.05) is 0 Å². The Morgan fingerprint density at radius 3 is 2.19 bits per heavy atom. The second kappa shape index (κ2) is 5.18. The molecule has 0 unspecified atom stereocenters. The van der Waals surface area contributed by atoms with E-state index in [0.717, 1.165) is 17.5 Å². The van der Waals surface area contributed by atoms with Crippen LogP contribution in [0.1, 0.15) is 25.7 Å². The highest BCUT2D eigenvalue weighted by Crippen LogP contribution is 2.46. The predicted octanol–water partition coefficient (Wildman–Crippen LogP) is 2.12. The summed E-state index contributed by atoms with van der Waals surface area (Å²) in [5.41, 5.74) is 7.42. The van der Waals surface area contributed by atoms with E-state index in [1.165, 1.54) is 44.1 Å². The molecule has 1 aromatic rings. The Kier molecular flexibility index (Phi) is 3.61. The first-order valence-corrected chi connectivity index (χ1v) is 8.92. The first kappa shape index (κ1) is 14.7. The molecule has 2 fully saturated rings. The fraction of sp³-hybridized carbons (Fsp3) is 0.600. The average molecular weight is 309 g/mol. The average Bonchev–Trinajstić information content (AvgIpc) is 3.28. The second-order valence-electron chi connectivity index (χ2n) is 6.38. The number of nitrogens with two attached hydrogens (primary N) is 1. The van der Waals surface area contributed by atoms with E-state index in [-0.39, 0.29) is 4.90 Å². The quantitative estimate of drug-likeness (QED) is 0.789. The van der Waals surface area contributed by atoms with Crippen LogP contribution in [-0.2, 0) is 10.0 Å². The highest BCUT2D eigenvalue weighted by molar-refractivity contribution is 7.89. The van der Waals surface area contributed by atoms with Crippen molar-refractivity contribution in [3.05, 3.63) is 18.2 Å². The number of benzene rings is 1. The summed E-state index contributed by atoms with van der Waals surface area (Å²) in [6.07, 6.45) is 5.17. The van der Waals surface area contributed by atoms with Gasteiger partial charge in [-0.05, 0) is 55.7 Å². The smallest absolute Gasteiger partial charge is 0.242 e. The molecule has 2 aliphatic rings. The van der Waals surface area contributed by atoms with Crippen LogP contribution in [-0.4, -0.2) is 32.9 Å². The molecule has 2 aliphatic carbocycles. The minimum atomic E-state index is -3.43. The number of hydrogen-bond donors (Lipinski definition) is 2. The van der Waals surface area contributed by atoms with Gasteiger partial charge in [0.15, 0.2) is 0 Å². The fourth-order valence-electron chi connectivity index (χ4n) is 2.75. The maximum Gasteiger partial charge on any atom is 0.242 e. The maximum atomic E-state index is 12.1. The molecule has 0 atom stereocenters. The molecule has 5 nitrogen and oxygen atoms in total. The van der Waals surface area contributed by atoms with E-state index in [2.05, 4.69) is 5.32 Å². The molecular formula is C15H23N3O2S. The largest absolute Gasteiger partial charge is 0.397 e. The third-order valence-corrected chi connectivity index (χ3v) is 6.19. The van der Waals surface area contributed by atoms with E-state index in [9.17, 15) is 8.42 Å². The van der Waals surface area contributed by atoms with Gasteiger partial charge >= 0.3 is 0 Å². The van der Waals surface area contributed by atoms with Crippen molar-refractivity contribution in [1.82, 2.24) is 4.31 Å². The molecule has 1 aromatic carbocycles. The molecule has 0 aromatic heterocycles. The van der Waals surface area contributed by atoms with Crippen molar-refractivity contribution in [3.8, 4) is 0 Å². The van der Waals surface area contributed by atoms with Gasteiger partial charge in [-0.2, -0.15) is 0 Å². The van der Waals surface area contributed by atoms with E-state index >= 15 is 0 Å². The molecule has 6 heteroatoms. The number of nitrogen functional groups attached to an aromatic ring is 1. The molecule has 0 bridgehead atoms. The van der Waals surface area contributed by atoms with E-state index in [1.54, 1.807) is 18.2 Å². The lowest BCUT2D eigenvalue weighted by Crippen LogP contribution is -2.25. The van der Waals surface area contributed by atoms with Crippen molar-refractivity contribution in [2.24, 2.45) is 11.8 Å². The molecular weight excluding hydrogens is 286 g/mol. The van der Waals surface area contributed by atoms with Crippen molar-refractivity contribution in [2.75, 3.05) is 25.1 Å². The van der Waals surface area contributed by atoms with Gasteiger partial charge in [0.2, 0.25) is 10.0 Å². The number of nitrogens with zero attached hydrogens (tertiary/aromatic N) is 1. The molecule has 3 N–H and O–H groups in total. The molecule has 0 aliphatic heterocycles. The summed E-state index contributed by atoms with van der Waals surface area (Å²) in [7, 11) is -0.384. The number of nitrogens with one attached hydrogen (secondary N) is 1. The van der Waals surface area contributed by atoms with Gasteiger partial charge in [-0.25, -0.2) is 12.7 Å². The normalized spacial score (nSPS) is 19.2. The standard InChI is InChI=1S/C15H23N3O2S/c1-18(2)21(19,20)12-7-8-14(13(16)9-12)17-15(10-3-4-10)11-5-6-11/h7-11,15,17H,3-6,16H2,1-2H3. The number of anilines is 2. The van der Waals surface area contributed by atoms with Crippen LogP contribution in [0.4, 0.5) is 11.4 Å². The van der Waals surface area contributed by atoms with Crippen LogP contribution in [0.3, 0.4) is 0 Å². The summed E-state index contributed by atoms with van der Waals surface area (Å²) >= 11 is 0. The van der Waals surface area contributed by atoms with Crippen LogP contribution in [0, 0.1) is 11.8 Å². The van der Waals surface area contributed by atoms with Crippen LogP contribution in [0.25, 0.3) is 0 Å². The Morgan fingerprint density at radius 2 is 1.76 bits per heavy atom. The van der Waals surface area contributed by atoms with Gasteiger partial charge in [0.05, 0.1) is 16.3 Å². The highest BCUT2D eigenvalue weighted by atomic mass is 32.2. The minimum Gasteiger partial charge on any atom is -0.397 e. The Labute approximate surface area is 126 Å². The first-order chi connectivity index (χ1) is 9.89. The van der Waals surface area contributed by atoms with Crippen LogP contribution < -0.4 is 11.1 Å². The van der Waals surface area contributed by atoms with Crippen LogP contribution in [0.2, 0.25) is 0 Å². The van der Waals surface area contributed by atoms with Crippen LogP contribution in [0.5, 0.6) is 0 Å². The molecule has 3 rings (SSSR count). The van der Waals surface area contributed by atoms with Crippen molar-refractivity contribution >= 4 is 21.4 Å². The molecule has 116 valence electrons. The Balaban J connectivity index is 1.81. The summed E-state index contributed by atoms with van der Waals surface area (Å²) in [4.78, 5) is 0.241. The van der Waals surface area contributed by atoms with E-state index in [0.29, 0.717) is 11.7 Å². The molecule has 0 saturated heterocycles. The summed E-state index contributed by atoms with van der Waals surface area (Å²) in [5, 5.41) is 3.55. The fourth-order valence-corrected chi connectivity index (χ4v) is 3.69. The third-order valence-electron chi connectivity index (χ3n) is 4.38. The minimum absolute atomic E-state index is 0.241.